The number of sulfonamides is 1. The first-order valence-corrected chi connectivity index (χ1v) is 6.32. The van der Waals surface area contributed by atoms with Gasteiger partial charge in [-0.05, 0) is 0 Å². The van der Waals surface area contributed by atoms with E-state index < -0.39 is 10.0 Å². The van der Waals surface area contributed by atoms with Crippen molar-refractivity contribution in [3.8, 4) is 0 Å². The SMILES string of the molecule is Cn1cc(CNS(=O)(=O)CBr)cn1. The van der Waals surface area contributed by atoms with Crippen molar-refractivity contribution >= 4 is 26.0 Å². The Kier molecular flexibility index (Phi) is 3.46. The van der Waals surface area contributed by atoms with Gasteiger partial charge >= 0.3 is 0 Å². The number of nitrogens with zero attached hydrogens (tertiary/aromatic N) is 2. The van der Waals surface area contributed by atoms with Gasteiger partial charge in [-0.2, -0.15) is 5.10 Å². The monoisotopic (exact) mass is 267 g/mol. The largest absolute Gasteiger partial charge is 0.275 e. The molecule has 0 spiro atoms. The summed E-state index contributed by atoms with van der Waals surface area (Å²) in [5, 5.41) is 3.91. The summed E-state index contributed by atoms with van der Waals surface area (Å²) in [6.07, 6.45) is 3.38. The van der Waals surface area contributed by atoms with E-state index in [0.717, 1.165) is 5.56 Å². The van der Waals surface area contributed by atoms with E-state index in [1.54, 1.807) is 24.1 Å². The number of rotatable bonds is 4. The molecule has 0 atom stereocenters. The molecule has 0 bridgehead atoms. The highest BCUT2D eigenvalue weighted by atomic mass is 79.9. The van der Waals surface area contributed by atoms with Crippen molar-refractivity contribution in [2.75, 3.05) is 4.66 Å². The van der Waals surface area contributed by atoms with Gasteiger partial charge < -0.3 is 0 Å². The summed E-state index contributed by atoms with van der Waals surface area (Å²) in [6.45, 7) is 0.280. The number of aryl methyl sites for hydroxylation is 1. The van der Waals surface area contributed by atoms with E-state index in [4.69, 9.17) is 0 Å². The van der Waals surface area contributed by atoms with Crippen molar-refractivity contribution in [2.45, 2.75) is 6.54 Å². The Bertz CT molecular complexity index is 373. The van der Waals surface area contributed by atoms with Crippen molar-refractivity contribution < 1.29 is 8.42 Å². The van der Waals surface area contributed by atoms with Gasteiger partial charge in [-0.25, -0.2) is 13.1 Å². The van der Waals surface area contributed by atoms with Crippen LogP contribution >= 0.6 is 15.9 Å². The van der Waals surface area contributed by atoms with Crippen LogP contribution in [0, 0.1) is 0 Å². The van der Waals surface area contributed by atoms with Gasteiger partial charge in [-0.15, -0.1) is 0 Å². The van der Waals surface area contributed by atoms with Gasteiger partial charge in [0.1, 0.15) is 4.66 Å². The first-order chi connectivity index (χ1) is 6.03. The molecule has 0 saturated heterocycles. The average molecular weight is 268 g/mol. The first-order valence-electron chi connectivity index (χ1n) is 3.54. The van der Waals surface area contributed by atoms with Crippen LogP contribution in [0.1, 0.15) is 5.56 Å². The molecule has 1 N–H and O–H groups in total. The fourth-order valence-electron chi connectivity index (χ4n) is 0.795. The zero-order chi connectivity index (χ0) is 9.90. The second kappa shape index (κ2) is 4.21. The van der Waals surface area contributed by atoms with Crippen LogP contribution in [0.4, 0.5) is 0 Å². The van der Waals surface area contributed by atoms with Gasteiger partial charge in [0.15, 0.2) is 0 Å². The van der Waals surface area contributed by atoms with Gasteiger partial charge in [0.05, 0.1) is 6.20 Å². The summed E-state index contributed by atoms with van der Waals surface area (Å²) in [4.78, 5) is 0. The fraction of sp³-hybridized carbons (Fsp3) is 0.500. The maximum Gasteiger partial charge on any atom is 0.221 e. The van der Waals surface area contributed by atoms with Gasteiger partial charge in [-0.1, -0.05) is 15.9 Å². The first kappa shape index (κ1) is 10.7. The number of nitrogens with one attached hydrogen (secondary N) is 1. The molecule has 7 heteroatoms. The molecule has 1 aromatic heterocycles. The minimum atomic E-state index is -3.18. The van der Waals surface area contributed by atoms with E-state index in [1.165, 1.54) is 0 Å². The molecular weight excluding hydrogens is 258 g/mol. The molecule has 1 aromatic rings. The van der Waals surface area contributed by atoms with E-state index in [2.05, 4.69) is 25.8 Å². The molecule has 0 saturated carbocycles. The lowest BCUT2D eigenvalue weighted by molar-refractivity contribution is 0.586. The molecule has 0 aliphatic rings. The van der Waals surface area contributed by atoms with Crippen molar-refractivity contribution in [1.29, 1.82) is 0 Å². The Morgan fingerprint density at radius 2 is 2.38 bits per heavy atom. The molecule has 0 unspecified atom stereocenters. The van der Waals surface area contributed by atoms with E-state index in [-0.39, 0.29) is 11.2 Å². The van der Waals surface area contributed by atoms with E-state index in [0.29, 0.717) is 0 Å². The van der Waals surface area contributed by atoms with Crippen LogP contribution in [0.5, 0.6) is 0 Å². The average Bonchev–Trinajstić information content (AvgIpc) is 2.48. The van der Waals surface area contributed by atoms with Crippen LogP contribution in [0.15, 0.2) is 12.4 Å². The zero-order valence-corrected chi connectivity index (χ0v) is 9.47. The van der Waals surface area contributed by atoms with Crippen LogP contribution < -0.4 is 4.72 Å². The molecule has 13 heavy (non-hydrogen) atoms. The normalized spacial score (nSPS) is 11.8. The lowest BCUT2D eigenvalue weighted by Crippen LogP contribution is -2.23. The smallest absolute Gasteiger partial charge is 0.221 e. The molecule has 0 radical (unpaired) electrons. The van der Waals surface area contributed by atoms with Crippen molar-refractivity contribution in [1.82, 2.24) is 14.5 Å². The van der Waals surface area contributed by atoms with Crippen LogP contribution in [0.25, 0.3) is 0 Å². The lowest BCUT2D eigenvalue weighted by Gasteiger charge is -2.00. The molecule has 1 rings (SSSR count). The minimum Gasteiger partial charge on any atom is -0.275 e. The Morgan fingerprint density at radius 3 is 2.85 bits per heavy atom. The summed E-state index contributed by atoms with van der Waals surface area (Å²) in [5.74, 6) is 0. The van der Waals surface area contributed by atoms with E-state index in [1.807, 2.05) is 0 Å². The standard InChI is InChI=1S/C6H10BrN3O2S/c1-10-4-6(2-8-10)3-9-13(11,12)5-7/h2,4,9H,3,5H2,1H3. The van der Waals surface area contributed by atoms with Gasteiger partial charge in [0, 0.05) is 25.4 Å². The summed E-state index contributed by atoms with van der Waals surface area (Å²) in [7, 11) is -1.40. The molecule has 0 fully saturated rings. The summed E-state index contributed by atoms with van der Waals surface area (Å²) >= 11 is 2.88. The molecular formula is C6H10BrN3O2S. The summed E-state index contributed by atoms with van der Waals surface area (Å²) < 4.78 is 25.9. The van der Waals surface area contributed by atoms with Gasteiger partial charge in [-0.3, -0.25) is 4.68 Å². The van der Waals surface area contributed by atoms with Crippen molar-refractivity contribution in [3.05, 3.63) is 18.0 Å². The molecule has 74 valence electrons. The number of hydrogen-bond donors (Lipinski definition) is 1. The predicted octanol–water partition coefficient (Wildman–Crippen LogP) is 0.192. The van der Waals surface area contributed by atoms with Crippen LogP contribution in [-0.2, 0) is 23.6 Å². The van der Waals surface area contributed by atoms with Gasteiger partial charge in [0.2, 0.25) is 10.0 Å². The number of alkyl halides is 1. The van der Waals surface area contributed by atoms with E-state index >= 15 is 0 Å². The van der Waals surface area contributed by atoms with E-state index in [9.17, 15) is 8.42 Å². The third-order valence-electron chi connectivity index (χ3n) is 1.40. The highest BCUT2D eigenvalue weighted by Gasteiger charge is 2.07. The Hall–Kier alpha value is -0.400. The van der Waals surface area contributed by atoms with Crippen molar-refractivity contribution in [3.63, 3.8) is 0 Å². The molecule has 0 amide bonds. The Labute approximate surface area is 85.3 Å². The van der Waals surface area contributed by atoms with Gasteiger partial charge in [0.25, 0.3) is 0 Å². The zero-order valence-electron chi connectivity index (χ0n) is 7.07. The lowest BCUT2D eigenvalue weighted by atomic mass is 10.4. The molecule has 0 aliphatic carbocycles. The highest BCUT2D eigenvalue weighted by molar-refractivity contribution is 9.10. The van der Waals surface area contributed by atoms with Crippen LogP contribution in [-0.4, -0.2) is 22.9 Å². The molecule has 0 aromatic carbocycles. The second-order valence-electron chi connectivity index (χ2n) is 2.57. The van der Waals surface area contributed by atoms with Crippen LogP contribution in [0.2, 0.25) is 0 Å². The predicted molar refractivity (Wildman–Crippen MR) is 52.8 cm³/mol. The van der Waals surface area contributed by atoms with Crippen LogP contribution in [0.3, 0.4) is 0 Å². The minimum absolute atomic E-state index is 0.0831. The maximum absolute atomic E-state index is 11.0. The quantitative estimate of drug-likeness (QED) is 0.793. The Balaban J connectivity index is 2.53. The topological polar surface area (TPSA) is 64.0 Å². The molecule has 5 nitrogen and oxygen atoms in total. The summed E-state index contributed by atoms with van der Waals surface area (Å²) in [5.41, 5.74) is 0.840. The Morgan fingerprint density at radius 1 is 1.69 bits per heavy atom. The molecule has 0 aliphatic heterocycles. The highest BCUT2D eigenvalue weighted by Crippen LogP contribution is 1.98. The third kappa shape index (κ3) is 3.45. The third-order valence-corrected chi connectivity index (χ3v) is 4.08. The number of hydrogen-bond acceptors (Lipinski definition) is 3. The molecule has 1 heterocycles. The fourth-order valence-corrected chi connectivity index (χ4v) is 1.74. The maximum atomic E-state index is 11.0. The number of aromatic nitrogens is 2. The van der Waals surface area contributed by atoms with Crippen molar-refractivity contribution in [2.24, 2.45) is 7.05 Å². The summed E-state index contributed by atoms with van der Waals surface area (Å²) in [6, 6.07) is 0. The second-order valence-corrected chi connectivity index (χ2v) is 5.68. The number of halogens is 1.